The van der Waals surface area contributed by atoms with Crippen LogP contribution in [0, 0.1) is 11.3 Å². The van der Waals surface area contributed by atoms with Gasteiger partial charge in [0.25, 0.3) is 0 Å². The van der Waals surface area contributed by atoms with Gasteiger partial charge in [-0.15, -0.1) is 0 Å². The first kappa shape index (κ1) is 15.6. The van der Waals surface area contributed by atoms with Gasteiger partial charge in [-0.25, -0.2) is 0 Å². The van der Waals surface area contributed by atoms with Gasteiger partial charge in [0.15, 0.2) is 5.78 Å². The minimum Gasteiger partial charge on any atom is -0.393 e. The summed E-state index contributed by atoms with van der Waals surface area (Å²) >= 11 is 0. The summed E-state index contributed by atoms with van der Waals surface area (Å²) in [6.45, 7) is 0.548. The summed E-state index contributed by atoms with van der Waals surface area (Å²) in [7, 11) is 0. The van der Waals surface area contributed by atoms with E-state index in [0.29, 0.717) is 25.4 Å². The van der Waals surface area contributed by atoms with Crippen LogP contribution >= 0.6 is 0 Å². The van der Waals surface area contributed by atoms with Crippen LogP contribution in [0.3, 0.4) is 0 Å². The van der Waals surface area contributed by atoms with Crippen molar-refractivity contribution in [3.8, 4) is 0 Å². The molecule has 0 aromatic rings. The summed E-state index contributed by atoms with van der Waals surface area (Å²) in [5.74, 6) is 0.197. The molecule has 18 heavy (non-hydrogen) atoms. The quantitative estimate of drug-likeness (QED) is 0.505. The summed E-state index contributed by atoms with van der Waals surface area (Å²) in [6.07, 6.45) is 3.80. The van der Waals surface area contributed by atoms with Crippen LogP contribution in [-0.2, 0) is 4.79 Å². The molecule has 0 heterocycles. The Morgan fingerprint density at radius 3 is 2.67 bits per heavy atom. The fraction of sp³-hybridized carbons (Fsp3) is 0.923. The number of nitrogens with two attached hydrogens (primary N) is 2. The highest BCUT2D eigenvalue weighted by molar-refractivity contribution is 5.89. The lowest BCUT2D eigenvalue weighted by Crippen LogP contribution is -2.45. The molecule has 3 atom stereocenters. The van der Waals surface area contributed by atoms with Crippen molar-refractivity contribution in [3.05, 3.63) is 0 Å². The number of carbonyl (C=O) groups is 1. The first-order chi connectivity index (χ1) is 8.59. The Kier molecular flexibility index (Phi) is 6.21. The summed E-state index contributed by atoms with van der Waals surface area (Å²) in [5, 5.41) is 18.6. The average molecular weight is 258 g/mol. The lowest BCUT2D eigenvalue weighted by molar-refractivity contribution is -0.143. The highest BCUT2D eigenvalue weighted by Crippen LogP contribution is 2.44. The molecule has 106 valence electrons. The van der Waals surface area contributed by atoms with E-state index in [1.165, 1.54) is 0 Å². The fourth-order valence-electron chi connectivity index (χ4n) is 3.25. The zero-order valence-electron chi connectivity index (χ0n) is 11.0. The van der Waals surface area contributed by atoms with Crippen LogP contribution < -0.4 is 11.5 Å². The monoisotopic (exact) mass is 258 g/mol. The summed E-state index contributed by atoms with van der Waals surface area (Å²) in [4.78, 5) is 12.3. The molecule has 1 fully saturated rings. The molecule has 0 bridgehead atoms. The van der Waals surface area contributed by atoms with Gasteiger partial charge in [0.1, 0.15) is 6.10 Å². The molecule has 0 aromatic carbocycles. The predicted molar refractivity (Wildman–Crippen MR) is 69.8 cm³/mol. The molecule has 0 saturated heterocycles. The molecular formula is C13H26N2O3. The molecule has 0 aromatic heterocycles. The van der Waals surface area contributed by atoms with E-state index in [1.807, 2.05) is 0 Å². The molecule has 1 rings (SSSR count). The van der Waals surface area contributed by atoms with Gasteiger partial charge >= 0.3 is 0 Å². The Morgan fingerprint density at radius 1 is 1.39 bits per heavy atom. The second kappa shape index (κ2) is 7.19. The van der Waals surface area contributed by atoms with Crippen LogP contribution in [0.5, 0.6) is 0 Å². The van der Waals surface area contributed by atoms with Gasteiger partial charge in [-0.1, -0.05) is 12.8 Å². The van der Waals surface area contributed by atoms with Crippen LogP contribution in [0.2, 0.25) is 0 Å². The summed E-state index contributed by atoms with van der Waals surface area (Å²) in [5.41, 5.74) is 10.7. The molecule has 1 saturated carbocycles. The summed E-state index contributed by atoms with van der Waals surface area (Å²) < 4.78 is 0. The molecule has 1 aliphatic carbocycles. The van der Waals surface area contributed by atoms with Gasteiger partial charge in [0.05, 0.1) is 6.61 Å². The molecular weight excluding hydrogens is 232 g/mol. The SMILES string of the molecule is NCCC1CCCC(CCN)(C(=O)C(O)CO)C1. The number of carbonyl (C=O) groups excluding carboxylic acids is 1. The number of Topliss-reactive ketones (excluding diaryl/α,β-unsaturated/α-hetero) is 1. The fourth-order valence-corrected chi connectivity index (χ4v) is 3.25. The molecule has 1 aliphatic rings. The molecule has 5 nitrogen and oxygen atoms in total. The van der Waals surface area contributed by atoms with E-state index < -0.39 is 18.1 Å². The molecule has 0 amide bonds. The highest BCUT2D eigenvalue weighted by atomic mass is 16.3. The van der Waals surface area contributed by atoms with Crippen LogP contribution in [0.25, 0.3) is 0 Å². The Labute approximate surface area is 109 Å². The van der Waals surface area contributed by atoms with Crippen molar-refractivity contribution in [2.24, 2.45) is 22.8 Å². The largest absolute Gasteiger partial charge is 0.393 e. The third kappa shape index (κ3) is 3.51. The van der Waals surface area contributed by atoms with Gasteiger partial charge in [0, 0.05) is 5.41 Å². The van der Waals surface area contributed by atoms with E-state index in [4.69, 9.17) is 16.6 Å². The van der Waals surface area contributed by atoms with E-state index >= 15 is 0 Å². The van der Waals surface area contributed by atoms with E-state index in [9.17, 15) is 9.90 Å². The van der Waals surface area contributed by atoms with Crippen molar-refractivity contribution in [2.45, 2.75) is 44.6 Å². The molecule has 3 unspecified atom stereocenters. The van der Waals surface area contributed by atoms with Gasteiger partial charge < -0.3 is 21.7 Å². The number of ketones is 1. The van der Waals surface area contributed by atoms with Crippen LogP contribution in [-0.4, -0.2) is 41.8 Å². The van der Waals surface area contributed by atoms with Crippen molar-refractivity contribution >= 4 is 5.78 Å². The van der Waals surface area contributed by atoms with Crippen molar-refractivity contribution < 1.29 is 15.0 Å². The number of hydrogen-bond donors (Lipinski definition) is 4. The first-order valence-electron chi connectivity index (χ1n) is 6.83. The van der Waals surface area contributed by atoms with E-state index in [1.54, 1.807) is 0 Å². The minimum atomic E-state index is -1.27. The maximum absolute atomic E-state index is 12.3. The summed E-state index contributed by atoms with van der Waals surface area (Å²) in [6, 6.07) is 0. The topological polar surface area (TPSA) is 110 Å². The Hall–Kier alpha value is -0.490. The molecule has 0 aliphatic heterocycles. The average Bonchev–Trinajstić information content (AvgIpc) is 2.38. The van der Waals surface area contributed by atoms with E-state index in [2.05, 4.69) is 0 Å². The number of aliphatic hydroxyl groups is 2. The van der Waals surface area contributed by atoms with E-state index in [0.717, 1.165) is 32.1 Å². The maximum atomic E-state index is 12.3. The smallest absolute Gasteiger partial charge is 0.169 e. The van der Waals surface area contributed by atoms with Gasteiger partial charge in [-0.05, 0) is 44.7 Å². The Balaban J connectivity index is 2.81. The minimum absolute atomic E-state index is 0.239. The molecule has 0 radical (unpaired) electrons. The zero-order chi connectivity index (χ0) is 13.6. The van der Waals surface area contributed by atoms with Crippen molar-refractivity contribution in [2.75, 3.05) is 19.7 Å². The van der Waals surface area contributed by atoms with Gasteiger partial charge in [-0.3, -0.25) is 4.79 Å². The maximum Gasteiger partial charge on any atom is 0.169 e. The first-order valence-corrected chi connectivity index (χ1v) is 6.83. The van der Waals surface area contributed by atoms with Crippen molar-refractivity contribution in [1.82, 2.24) is 0 Å². The third-order valence-corrected chi connectivity index (χ3v) is 4.14. The Morgan fingerprint density at radius 2 is 2.11 bits per heavy atom. The van der Waals surface area contributed by atoms with Crippen LogP contribution in [0.4, 0.5) is 0 Å². The standard InChI is InChI=1S/C13H26N2O3/c14-6-3-10-2-1-4-13(8-10,5-7-15)12(18)11(17)9-16/h10-11,16-17H,1-9,14-15H2. The van der Waals surface area contributed by atoms with Crippen molar-refractivity contribution in [1.29, 1.82) is 0 Å². The second-order valence-electron chi connectivity index (χ2n) is 5.42. The van der Waals surface area contributed by atoms with Gasteiger partial charge in [-0.2, -0.15) is 0 Å². The zero-order valence-corrected chi connectivity index (χ0v) is 11.0. The van der Waals surface area contributed by atoms with Crippen molar-refractivity contribution in [3.63, 3.8) is 0 Å². The van der Waals surface area contributed by atoms with E-state index in [-0.39, 0.29) is 5.78 Å². The van der Waals surface area contributed by atoms with Crippen LogP contribution in [0.1, 0.15) is 38.5 Å². The molecule has 6 N–H and O–H groups in total. The predicted octanol–water partition coefficient (Wildman–Crippen LogP) is -0.217. The highest BCUT2D eigenvalue weighted by Gasteiger charge is 2.43. The van der Waals surface area contributed by atoms with Crippen LogP contribution in [0.15, 0.2) is 0 Å². The molecule has 5 heteroatoms. The molecule has 0 spiro atoms. The van der Waals surface area contributed by atoms with Gasteiger partial charge in [0.2, 0.25) is 0 Å². The lowest BCUT2D eigenvalue weighted by atomic mass is 9.64. The number of rotatable bonds is 7. The number of hydrogen-bond acceptors (Lipinski definition) is 5. The second-order valence-corrected chi connectivity index (χ2v) is 5.42. The number of aliphatic hydroxyl groups excluding tert-OH is 2. The Bertz CT molecular complexity index is 267. The normalized spacial score (nSPS) is 30.1. The lowest BCUT2D eigenvalue weighted by Gasteiger charge is -2.40. The third-order valence-electron chi connectivity index (χ3n) is 4.14.